The highest BCUT2D eigenvalue weighted by atomic mass is 32.1. The summed E-state index contributed by atoms with van der Waals surface area (Å²) >= 11 is 1.59. The molecule has 3 amide bonds. The molecule has 0 radical (unpaired) electrons. The molecule has 1 aromatic carbocycles. The lowest BCUT2D eigenvalue weighted by Crippen LogP contribution is -2.28. The number of rotatable bonds is 6. The van der Waals surface area contributed by atoms with Gasteiger partial charge >= 0.3 is 6.03 Å². The zero-order valence-corrected chi connectivity index (χ0v) is 15.5. The third kappa shape index (κ3) is 3.85. The standard InChI is InChI=1S/C18H21N5O2S/c1-3-19-18(25)21-12-7-8-15-14(10-12)16(22-23(15)4-2)17(24)20-11-13-6-5-9-26-13/h5-10H,3-4,11H2,1-2H3,(H,20,24)(H2,19,21,25). The normalized spacial score (nSPS) is 10.7. The molecule has 0 spiro atoms. The minimum Gasteiger partial charge on any atom is -0.346 e. The van der Waals surface area contributed by atoms with Gasteiger partial charge in [0.05, 0.1) is 12.1 Å². The number of anilines is 1. The Balaban J connectivity index is 1.87. The number of aryl methyl sites for hydroxylation is 1. The molecule has 0 aliphatic heterocycles. The van der Waals surface area contributed by atoms with Gasteiger partial charge in [-0.25, -0.2) is 4.79 Å². The summed E-state index contributed by atoms with van der Waals surface area (Å²) in [4.78, 5) is 25.5. The first kappa shape index (κ1) is 17.9. The first-order chi connectivity index (χ1) is 12.6. The van der Waals surface area contributed by atoms with Crippen LogP contribution in [0.2, 0.25) is 0 Å². The Kier molecular flexibility index (Phi) is 5.52. The first-order valence-corrected chi connectivity index (χ1v) is 9.36. The highest BCUT2D eigenvalue weighted by Crippen LogP contribution is 2.23. The second kappa shape index (κ2) is 8.01. The fraction of sp³-hybridized carbons (Fsp3) is 0.278. The van der Waals surface area contributed by atoms with Gasteiger partial charge in [-0.1, -0.05) is 6.07 Å². The number of urea groups is 1. The molecular weight excluding hydrogens is 350 g/mol. The summed E-state index contributed by atoms with van der Waals surface area (Å²) in [6.07, 6.45) is 0. The number of hydrogen-bond acceptors (Lipinski definition) is 4. The number of nitrogens with zero attached hydrogens (tertiary/aromatic N) is 2. The molecule has 26 heavy (non-hydrogen) atoms. The number of thiophene rings is 1. The molecule has 3 rings (SSSR count). The van der Waals surface area contributed by atoms with Gasteiger partial charge in [0.2, 0.25) is 0 Å². The van der Waals surface area contributed by atoms with Crippen molar-refractivity contribution in [1.29, 1.82) is 0 Å². The smallest absolute Gasteiger partial charge is 0.319 e. The fourth-order valence-electron chi connectivity index (χ4n) is 2.67. The first-order valence-electron chi connectivity index (χ1n) is 8.48. The number of carbonyl (C=O) groups excluding carboxylic acids is 2. The summed E-state index contributed by atoms with van der Waals surface area (Å²) in [7, 11) is 0. The number of aromatic nitrogens is 2. The van der Waals surface area contributed by atoms with Crippen molar-refractivity contribution in [1.82, 2.24) is 20.4 Å². The van der Waals surface area contributed by atoms with Crippen LogP contribution in [-0.2, 0) is 13.1 Å². The van der Waals surface area contributed by atoms with Crippen LogP contribution >= 0.6 is 11.3 Å². The van der Waals surface area contributed by atoms with Gasteiger partial charge in [0, 0.05) is 29.0 Å². The van der Waals surface area contributed by atoms with Gasteiger partial charge in [-0.3, -0.25) is 9.48 Å². The molecule has 0 fully saturated rings. The topological polar surface area (TPSA) is 88.1 Å². The Morgan fingerprint density at radius 2 is 2.04 bits per heavy atom. The Morgan fingerprint density at radius 3 is 2.73 bits per heavy atom. The van der Waals surface area contributed by atoms with E-state index in [1.165, 1.54) is 0 Å². The van der Waals surface area contributed by atoms with Gasteiger partial charge in [-0.05, 0) is 43.5 Å². The lowest BCUT2D eigenvalue weighted by molar-refractivity contribution is 0.0947. The molecule has 0 unspecified atom stereocenters. The zero-order chi connectivity index (χ0) is 18.5. The minimum absolute atomic E-state index is 0.231. The number of benzene rings is 1. The van der Waals surface area contributed by atoms with Crippen molar-refractivity contribution in [2.75, 3.05) is 11.9 Å². The second-order valence-electron chi connectivity index (χ2n) is 5.64. The van der Waals surface area contributed by atoms with E-state index in [1.54, 1.807) is 28.2 Å². The van der Waals surface area contributed by atoms with E-state index < -0.39 is 0 Å². The van der Waals surface area contributed by atoms with Gasteiger partial charge in [-0.2, -0.15) is 5.10 Å². The summed E-state index contributed by atoms with van der Waals surface area (Å²) in [6, 6.07) is 9.10. The molecule has 8 heteroatoms. The maximum atomic E-state index is 12.6. The van der Waals surface area contributed by atoms with E-state index >= 15 is 0 Å². The van der Waals surface area contributed by atoms with Gasteiger partial charge < -0.3 is 16.0 Å². The van der Waals surface area contributed by atoms with E-state index in [2.05, 4.69) is 21.0 Å². The van der Waals surface area contributed by atoms with Gasteiger partial charge in [-0.15, -0.1) is 11.3 Å². The largest absolute Gasteiger partial charge is 0.346 e. The van der Waals surface area contributed by atoms with E-state index in [9.17, 15) is 9.59 Å². The van der Waals surface area contributed by atoms with Crippen molar-refractivity contribution in [2.45, 2.75) is 26.9 Å². The highest BCUT2D eigenvalue weighted by Gasteiger charge is 2.17. The molecule has 3 N–H and O–H groups in total. The fourth-order valence-corrected chi connectivity index (χ4v) is 3.31. The number of amides is 3. The van der Waals surface area contributed by atoms with E-state index in [0.29, 0.717) is 36.4 Å². The molecule has 0 aliphatic rings. The van der Waals surface area contributed by atoms with Crippen LogP contribution < -0.4 is 16.0 Å². The quantitative estimate of drug-likeness (QED) is 0.622. The van der Waals surface area contributed by atoms with Crippen molar-refractivity contribution in [2.24, 2.45) is 0 Å². The maximum absolute atomic E-state index is 12.6. The van der Waals surface area contributed by atoms with Crippen LogP contribution in [0.3, 0.4) is 0 Å². The molecule has 7 nitrogen and oxygen atoms in total. The van der Waals surface area contributed by atoms with Crippen LogP contribution in [0, 0.1) is 0 Å². The van der Waals surface area contributed by atoms with Gasteiger partial charge in [0.15, 0.2) is 5.69 Å². The SMILES string of the molecule is CCNC(=O)Nc1ccc2c(c1)c(C(=O)NCc1cccs1)nn2CC. The molecular formula is C18H21N5O2S. The van der Waals surface area contributed by atoms with Crippen molar-refractivity contribution in [3.63, 3.8) is 0 Å². The van der Waals surface area contributed by atoms with Crippen LogP contribution in [0.1, 0.15) is 29.2 Å². The van der Waals surface area contributed by atoms with Crippen LogP contribution in [0.25, 0.3) is 10.9 Å². The monoisotopic (exact) mass is 371 g/mol. The van der Waals surface area contributed by atoms with E-state index in [4.69, 9.17) is 0 Å². The molecule has 0 aliphatic carbocycles. The molecule has 136 valence electrons. The third-order valence-electron chi connectivity index (χ3n) is 3.86. The van der Waals surface area contributed by atoms with Gasteiger partial charge in [0.1, 0.15) is 0 Å². The molecule has 0 saturated heterocycles. The van der Waals surface area contributed by atoms with E-state index in [1.807, 2.05) is 37.4 Å². The van der Waals surface area contributed by atoms with Crippen LogP contribution in [0.4, 0.5) is 10.5 Å². The van der Waals surface area contributed by atoms with Gasteiger partial charge in [0.25, 0.3) is 5.91 Å². The Morgan fingerprint density at radius 1 is 1.19 bits per heavy atom. The molecule has 3 aromatic rings. The summed E-state index contributed by atoms with van der Waals surface area (Å²) in [5, 5.41) is 15.5. The molecule has 0 atom stereocenters. The average Bonchev–Trinajstić information content (AvgIpc) is 3.27. The predicted octanol–water partition coefficient (Wildman–Crippen LogP) is 3.19. The average molecular weight is 371 g/mol. The number of nitrogens with one attached hydrogen (secondary N) is 3. The van der Waals surface area contributed by atoms with Crippen molar-refractivity contribution >= 4 is 39.9 Å². The van der Waals surface area contributed by atoms with Crippen LogP contribution in [0.5, 0.6) is 0 Å². The summed E-state index contributed by atoms with van der Waals surface area (Å²) in [5.41, 5.74) is 1.83. The van der Waals surface area contributed by atoms with Crippen molar-refractivity contribution in [3.8, 4) is 0 Å². The van der Waals surface area contributed by atoms with Crippen molar-refractivity contribution in [3.05, 3.63) is 46.3 Å². The van der Waals surface area contributed by atoms with Crippen LogP contribution in [0.15, 0.2) is 35.7 Å². The minimum atomic E-state index is -0.279. The van der Waals surface area contributed by atoms with Crippen molar-refractivity contribution < 1.29 is 9.59 Å². The summed E-state index contributed by atoms with van der Waals surface area (Å²) in [6.45, 7) is 5.48. The molecule has 2 heterocycles. The predicted molar refractivity (Wildman–Crippen MR) is 104 cm³/mol. The highest BCUT2D eigenvalue weighted by molar-refractivity contribution is 7.09. The Labute approximate surface area is 155 Å². The molecule has 0 bridgehead atoms. The van der Waals surface area contributed by atoms with E-state index in [0.717, 1.165) is 10.4 Å². The summed E-state index contributed by atoms with van der Waals surface area (Å²) < 4.78 is 1.78. The Hall–Kier alpha value is -2.87. The number of carbonyl (C=O) groups is 2. The lowest BCUT2D eigenvalue weighted by atomic mass is 10.1. The number of hydrogen-bond donors (Lipinski definition) is 3. The lowest BCUT2D eigenvalue weighted by Gasteiger charge is -2.06. The maximum Gasteiger partial charge on any atom is 0.319 e. The Bertz CT molecular complexity index is 917. The molecule has 0 saturated carbocycles. The number of fused-ring (bicyclic) bond motifs is 1. The summed E-state index contributed by atoms with van der Waals surface area (Å²) in [5.74, 6) is -0.231. The van der Waals surface area contributed by atoms with E-state index in [-0.39, 0.29) is 11.9 Å². The third-order valence-corrected chi connectivity index (χ3v) is 4.74. The zero-order valence-electron chi connectivity index (χ0n) is 14.7. The molecule has 2 aromatic heterocycles. The second-order valence-corrected chi connectivity index (χ2v) is 6.68. The van der Waals surface area contributed by atoms with Crippen LogP contribution in [-0.4, -0.2) is 28.3 Å².